The molecule has 1 aliphatic carbocycles. The van der Waals surface area contributed by atoms with Crippen LogP contribution in [0, 0.1) is 0 Å². The maximum atomic E-state index is 2.68. The summed E-state index contributed by atoms with van der Waals surface area (Å²) < 4.78 is 0. The SMILES string of the molecule is CC(C)(C)N(C1CCC1)C(C)(C)C. The van der Waals surface area contributed by atoms with Crippen molar-refractivity contribution >= 4 is 0 Å². The normalized spacial score (nSPS) is 20.5. The minimum atomic E-state index is 0.309. The topological polar surface area (TPSA) is 3.24 Å². The summed E-state index contributed by atoms with van der Waals surface area (Å²) in [7, 11) is 0. The Kier molecular flexibility index (Phi) is 2.78. The average Bonchev–Trinajstić information content (AvgIpc) is 1.71. The van der Waals surface area contributed by atoms with Crippen molar-refractivity contribution in [1.29, 1.82) is 0 Å². The molecule has 1 fully saturated rings. The summed E-state index contributed by atoms with van der Waals surface area (Å²) in [4.78, 5) is 2.68. The summed E-state index contributed by atoms with van der Waals surface area (Å²) in [5, 5.41) is 0. The fraction of sp³-hybridized carbons (Fsp3) is 1.00. The van der Waals surface area contributed by atoms with Crippen LogP contribution in [0.25, 0.3) is 0 Å². The zero-order valence-electron chi connectivity index (χ0n) is 10.1. The van der Waals surface area contributed by atoms with E-state index in [0.717, 1.165) is 6.04 Å². The van der Waals surface area contributed by atoms with Crippen LogP contribution in [0.4, 0.5) is 0 Å². The van der Waals surface area contributed by atoms with Gasteiger partial charge in [-0.3, -0.25) is 4.90 Å². The molecule has 0 N–H and O–H groups in total. The van der Waals surface area contributed by atoms with Crippen molar-refractivity contribution in [3.05, 3.63) is 0 Å². The molecule has 0 aromatic heterocycles. The van der Waals surface area contributed by atoms with Gasteiger partial charge in [0.05, 0.1) is 0 Å². The van der Waals surface area contributed by atoms with Gasteiger partial charge in [-0.1, -0.05) is 6.42 Å². The molecule has 1 saturated carbocycles. The summed E-state index contributed by atoms with van der Waals surface area (Å²) in [5.74, 6) is 0. The van der Waals surface area contributed by atoms with Gasteiger partial charge in [0, 0.05) is 17.1 Å². The predicted molar refractivity (Wildman–Crippen MR) is 59.0 cm³/mol. The molecule has 0 bridgehead atoms. The van der Waals surface area contributed by atoms with Gasteiger partial charge in [-0.05, 0) is 54.4 Å². The van der Waals surface area contributed by atoms with Crippen LogP contribution in [0.1, 0.15) is 60.8 Å². The maximum absolute atomic E-state index is 2.68. The molecule has 1 heteroatoms. The highest BCUT2D eigenvalue weighted by molar-refractivity contribution is 4.94. The zero-order valence-corrected chi connectivity index (χ0v) is 10.1. The maximum Gasteiger partial charge on any atom is 0.0133 e. The third kappa shape index (κ3) is 2.46. The summed E-state index contributed by atoms with van der Waals surface area (Å²) in [6.07, 6.45) is 4.22. The smallest absolute Gasteiger partial charge is 0.0133 e. The molecule has 78 valence electrons. The molecular formula is C12H25N. The lowest BCUT2D eigenvalue weighted by molar-refractivity contribution is -0.0349. The second-order valence-corrected chi connectivity index (χ2v) is 6.30. The van der Waals surface area contributed by atoms with Crippen molar-refractivity contribution in [2.24, 2.45) is 0 Å². The zero-order chi connectivity index (χ0) is 10.3. The van der Waals surface area contributed by atoms with Gasteiger partial charge in [0.15, 0.2) is 0 Å². The molecule has 0 saturated heterocycles. The van der Waals surface area contributed by atoms with Crippen LogP contribution in [0.3, 0.4) is 0 Å². The van der Waals surface area contributed by atoms with Crippen LogP contribution in [0.5, 0.6) is 0 Å². The van der Waals surface area contributed by atoms with Crippen molar-refractivity contribution in [1.82, 2.24) is 4.90 Å². The van der Waals surface area contributed by atoms with Crippen LogP contribution in [0.15, 0.2) is 0 Å². The Morgan fingerprint density at radius 1 is 0.846 bits per heavy atom. The quantitative estimate of drug-likeness (QED) is 0.602. The highest BCUT2D eigenvalue weighted by Crippen LogP contribution is 2.36. The van der Waals surface area contributed by atoms with E-state index < -0.39 is 0 Å². The highest BCUT2D eigenvalue weighted by atomic mass is 15.3. The van der Waals surface area contributed by atoms with Gasteiger partial charge in [-0.25, -0.2) is 0 Å². The molecule has 0 aromatic carbocycles. The Bertz CT molecular complexity index is 153. The first-order chi connectivity index (χ1) is 5.73. The van der Waals surface area contributed by atoms with E-state index in [1.54, 1.807) is 0 Å². The van der Waals surface area contributed by atoms with Crippen LogP contribution in [0.2, 0.25) is 0 Å². The van der Waals surface area contributed by atoms with E-state index in [2.05, 4.69) is 46.4 Å². The van der Waals surface area contributed by atoms with E-state index in [1.165, 1.54) is 19.3 Å². The number of rotatable bonds is 1. The second-order valence-electron chi connectivity index (χ2n) is 6.30. The van der Waals surface area contributed by atoms with Crippen LogP contribution in [-0.2, 0) is 0 Å². The summed E-state index contributed by atoms with van der Waals surface area (Å²) in [6.45, 7) is 14.0. The average molecular weight is 183 g/mol. The van der Waals surface area contributed by atoms with E-state index in [4.69, 9.17) is 0 Å². The molecule has 0 aliphatic heterocycles. The van der Waals surface area contributed by atoms with Crippen LogP contribution in [-0.4, -0.2) is 22.0 Å². The molecule has 0 atom stereocenters. The molecule has 1 rings (SSSR count). The van der Waals surface area contributed by atoms with Crippen LogP contribution >= 0.6 is 0 Å². The number of nitrogens with zero attached hydrogens (tertiary/aromatic N) is 1. The Hall–Kier alpha value is -0.0400. The standard InChI is InChI=1S/C12H25N/c1-11(2,3)13(12(4,5)6)10-8-7-9-10/h10H,7-9H2,1-6H3. The monoisotopic (exact) mass is 183 g/mol. The van der Waals surface area contributed by atoms with Crippen molar-refractivity contribution in [2.45, 2.75) is 77.9 Å². The summed E-state index contributed by atoms with van der Waals surface area (Å²) >= 11 is 0. The first-order valence-electron chi connectivity index (χ1n) is 5.52. The molecule has 0 unspecified atom stereocenters. The number of hydrogen-bond donors (Lipinski definition) is 0. The summed E-state index contributed by atoms with van der Waals surface area (Å²) in [5.41, 5.74) is 0.618. The lowest BCUT2D eigenvalue weighted by Crippen LogP contribution is -2.59. The van der Waals surface area contributed by atoms with Gasteiger partial charge < -0.3 is 0 Å². The Labute approximate surface area is 83.5 Å². The van der Waals surface area contributed by atoms with Crippen LogP contribution < -0.4 is 0 Å². The van der Waals surface area contributed by atoms with Gasteiger partial charge in [0.1, 0.15) is 0 Å². The second kappa shape index (κ2) is 3.27. The molecule has 1 aliphatic rings. The van der Waals surface area contributed by atoms with Gasteiger partial charge >= 0.3 is 0 Å². The molecule has 0 heterocycles. The Balaban J connectivity index is 2.76. The van der Waals surface area contributed by atoms with Crippen molar-refractivity contribution in [2.75, 3.05) is 0 Å². The van der Waals surface area contributed by atoms with E-state index in [1.807, 2.05) is 0 Å². The van der Waals surface area contributed by atoms with E-state index in [9.17, 15) is 0 Å². The van der Waals surface area contributed by atoms with E-state index in [0.29, 0.717) is 11.1 Å². The molecule has 0 spiro atoms. The van der Waals surface area contributed by atoms with Gasteiger partial charge in [-0.15, -0.1) is 0 Å². The molecule has 1 nitrogen and oxygen atoms in total. The molecular weight excluding hydrogens is 158 g/mol. The highest BCUT2D eigenvalue weighted by Gasteiger charge is 2.39. The van der Waals surface area contributed by atoms with E-state index in [-0.39, 0.29) is 0 Å². The predicted octanol–water partition coefficient (Wildman–Crippen LogP) is 3.44. The lowest BCUT2D eigenvalue weighted by atomic mass is 9.83. The Morgan fingerprint density at radius 2 is 1.23 bits per heavy atom. The lowest BCUT2D eigenvalue weighted by Gasteiger charge is -2.53. The molecule has 0 amide bonds. The fourth-order valence-electron chi connectivity index (χ4n) is 2.75. The van der Waals surface area contributed by atoms with Crippen molar-refractivity contribution in [3.8, 4) is 0 Å². The number of hydrogen-bond acceptors (Lipinski definition) is 1. The van der Waals surface area contributed by atoms with Crippen molar-refractivity contribution in [3.63, 3.8) is 0 Å². The third-order valence-electron chi connectivity index (χ3n) is 2.89. The van der Waals surface area contributed by atoms with Crippen molar-refractivity contribution < 1.29 is 0 Å². The first kappa shape index (κ1) is 11.0. The van der Waals surface area contributed by atoms with Gasteiger partial charge in [0.2, 0.25) is 0 Å². The fourth-order valence-corrected chi connectivity index (χ4v) is 2.75. The molecule has 0 aromatic rings. The molecule has 13 heavy (non-hydrogen) atoms. The van der Waals surface area contributed by atoms with Gasteiger partial charge in [0.25, 0.3) is 0 Å². The van der Waals surface area contributed by atoms with E-state index >= 15 is 0 Å². The molecule has 0 radical (unpaired) electrons. The minimum Gasteiger partial charge on any atom is -0.291 e. The minimum absolute atomic E-state index is 0.309. The largest absolute Gasteiger partial charge is 0.291 e. The Morgan fingerprint density at radius 3 is 1.31 bits per heavy atom. The first-order valence-corrected chi connectivity index (χ1v) is 5.52. The van der Waals surface area contributed by atoms with Gasteiger partial charge in [-0.2, -0.15) is 0 Å². The third-order valence-corrected chi connectivity index (χ3v) is 2.89. The summed E-state index contributed by atoms with van der Waals surface area (Å²) in [6, 6.07) is 0.833.